The van der Waals surface area contributed by atoms with Gasteiger partial charge >= 0.3 is 0 Å². The minimum atomic E-state index is -4.17. The predicted octanol–water partition coefficient (Wildman–Crippen LogP) is 1.80. The molecule has 0 radical (unpaired) electrons. The highest BCUT2D eigenvalue weighted by molar-refractivity contribution is 7.89. The van der Waals surface area contributed by atoms with Crippen LogP contribution in [0.4, 0.5) is 8.78 Å². The van der Waals surface area contributed by atoms with Crippen molar-refractivity contribution in [3.63, 3.8) is 0 Å². The fourth-order valence-electron chi connectivity index (χ4n) is 2.89. The summed E-state index contributed by atoms with van der Waals surface area (Å²) in [5, 5.41) is 0. The van der Waals surface area contributed by atoms with Crippen LogP contribution in [0.3, 0.4) is 0 Å². The van der Waals surface area contributed by atoms with E-state index >= 15 is 0 Å². The average molecular weight is 416 g/mol. The lowest BCUT2D eigenvalue weighted by Gasteiger charge is -2.33. The first-order valence-electron chi connectivity index (χ1n) is 8.17. The summed E-state index contributed by atoms with van der Waals surface area (Å²) in [6.07, 6.45) is 0. The van der Waals surface area contributed by atoms with Crippen molar-refractivity contribution in [2.24, 2.45) is 0 Å². The molecule has 1 fully saturated rings. The maximum absolute atomic E-state index is 13.9. The molecule has 0 aliphatic carbocycles. The van der Waals surface area contributed by atoms with E-state index in [-0.39, 0.29) is 31.9 Å². The van der Waals surface area contributed by atoms with E-state index in [1.54, 1.807) is 30.3 Å². The van der Waals surface area contributed by atoms with E-state index in [9.17, 15) is 25.6 Å². The molecule has 1 aliphatic rings. The van der Waals surface area contributed by atoms with Gasteiger partial charge in [-0.25, -0.2) is 25.6 Å². The van der Waals surface area contributed by atoms with Gasteiger partial charge in [0.15, 0.2) is 0 Å². The Morgan fingerprint density at radius 3 is 2.00 bits per heavy atom. The van der Waals surface area contributed by atoms with Crippen LogP contribution in [0.5, 0.6) is 0 Å². The molecular weight excluding hydrogens is 398 g/mol. The van der Waals surface area contributed by atoms with Gasteiger partial charge in [-0.2, -0.15) is 8.61 Å². The Balaban J connectivity index is 1.71. The number of hydrogen-bond acceptors (Lipinski definition) is 4. The van der Waals surface area contributed by atoms with Gasteiger partial charge in [0, 0.05) is 32.2 Å². The Morgan fingerprint density at radius 2 is 1.41 bits per heavy atom. The number of halogens is 2. The first kappa shape index (κ1) is 19.9. The molecule has 27 heavy (non-hydrogen) atoms. The van der Waals surface area contributed by atoms with Gasteiger partial charge in [-0.15, -0.1) is 0 Å². The minimum Gasteiger partial charge on any atom is -0.212 e. The molecule has 2 aromatic carbocycles. The molecular formula is C17H18F2N2O4S2. The van der Waals surface area contributed by atoms with Crippen molar-refractivity contribution in [1.29, 1.82) is 0 Å². The van der Waals surface area contributed by atoms with E-state index in [0.29, 0.717) is 11.6 Å². The zero-order valence-corrected chi connectivity index (χ0v) is 15.9. The van der Waals surface area contributed by atoms with Crippen molar-refractivity contribution in [2.75, 3.05) is 26.2 Å². The van der Waals surface area contributed by atoms with Gasteiger partial charge in [0.05, 0.1) is 5.75 Å². The molecule has 0 unspecified atom stereocenters. The van der Waals surface area contributed by atoms with Gasteiger partial charge in [0.2, 0.25) is 20.0 Å². The lowest BCUT2D eigenvalue weighted by atomic mass is 10.2. The lowest BCUT2D eigenvalue weighted by Crippen LogP contribution is -2.50. The molecule has 10 heteroatoms. The number of nitrogens with zero attached hydrogens (tertiary/aromatic N) is 2. The summed E-state index contributed by atoms with van der Waals surface area (Å²) < 4.78 is 79.3. The smallest absolute Gasteiger partial charge is 0.212 e. The third-order valence-corrected chi connectivity index (χ3v) is 8.08. The number of rotatable bonds is 5. The molecule has 0 bridgehead atoms. The van der Waals surface area contributed by atoms with Crippen LogP contribution in [0.15, 0.2) is 53.4 Å². The highest BCUT2D eigenvalue weighted by Crippen LogP contribution is 2.22. The van der Waals surface area contributed by atoms with Crippen molar-refractivity contribution in [2.45, 2.75) is 10.6 Å². The highest BCUT2D eigenvalue weighted by Gasteiger charge is 2.34. The lowest BCUT2D eigenvalue weighted by molar-refractivity contribution is 0.272. The van der Waals surface area contributed by atoms with Gasteiger partial charge in [-0.3, -0.25) is 0 Å². The second-order valence-corrected chi connectivity index (χ2v) is 9.99. The van der Waals surface area contributed by atoms with Crippen molar-refractivity contribution in [3.05, 3.63) is 65.7 Å². The van der Waals surface area contributed by atoms with Crippen LogP contribution in [0.2, 0.25) is 0 Å². The van der Waals surface area contributed by atoms with E-state index in [1.807, 2.05) is 0 Å². The van der Waals surface area contributed by atoms with E-state index in [4.69, 9.17) is 0 Å². The monoisotopic (exact) mass is 416 g/mol. The zero-order chi connectivity index (χ0) is 19.7. The maximum Gasteiger partial charge on any atom is 0.246 e. The molecule has 0 atom stereocenters. The Bertz CT molecular complexity index is 1020. The summed E-state index contributed by atoms with van der Waals surface area (Å²) >= 11 is 0. The van der Waals surface area contributed by atoms with Gasteiger partial charge < -0.3 is 0 Å². The second-order valence-electron chi connectivity index (χ2n) is 6.12. The van der Waals surface area contributed by atoms with Crippen LogP contribution in [0, 0.1) is 11.6 Å². The first-order chi connectivity index (χ1) is 12.7. The van der Waals surface area contributed by atoms with Crippen LogP contribution < -0.4 is 0 Å². The molecule has 1 heterocycles. The van der Waals surface area contributed by atoms with Gasteiger partial charge in [0.25, 0.3) is 0 Å². The Kier molecular flexibility index (Phi) is 5.61. The SMILES string of the molecule is O=S(=O)(Cc1ccccc1)N1CCN(S(=O)(=O)c2ccc(F)cc2F)CC1. The average Bonchev–Trinajstić information content (AvgIpc) is 2.62. The van der Waals surface area contributed by atoms with E-state index in [2.05, 4.69) is 0 Å². The van der Waals surface area contributed by atoms with Crippen molar-refractivity contribution < 1.29 is 25.6 Å². The van der Waals surface area contributed by atoms with E-state index in [0.717, 1.165) is 16.4 Å². The molecule has 0 saturated carbocycles. The topological polar surface area (TPSA) is 74.8 Å². The van der Waals surface area contributed by atoms with Crippen molar-refractivity contribution >= 4 is 20.0 Å². The molecule has 1 saturated heterocycles. The van der Waals surface area contributed by atoms with Gasteiger partial charge in [0.1, 0.15) is 16.5 Å². The summed E-state index contributed by atoms with van der Waals surface area (Å²) in [6, 6.07) is 10.9. The molecule has 146 valence electrons. The molecule has 3 rings (SSSR count). The van der Waals surface area contributed by atoms with Crippen LogP contribution in [-0.4, -0.2) is 51.6 Å². The minimum absolute atomic E-state index is 0.0305. The molecule has 0 spiro atoms. The standard InChI is InChI=1S/C17H18F2N2O4S2/c18-15-6-7-17(16(19)12-15)27(24,25)21-10-8-20(9-11-21)26(22,23)13-14-4-2-1-3-5-14/h1-7,12H,8-11,13H2. The molecule has 0 aromatic heterocycles. The molecule has 2 aromatic rings. The largest absolute Gasteiger partial charge is 0.246 e. The summed E-state index contributed by atoms with van der Waals surface area (Å²) in [7, 11) is -7.76. The van der Waals surface area contributed by atoms with Crippen LogP contribution in [-0.2, 0) is 25.8 Å². The molecule has 0 N–H and O–H groups in total. The summed E-state index contributed by atoms with van der Waals surface area (Å²) in [4.78, 5) is -0.621. The van der Waals surface area contributed by atoms with Crippen LogP contribution in [0.1, 0.15) is 5.56 Å². The van der Waals surface area contributed by atoms with Gasteiger partial charge in [-0.05, 0) is 17.7 Å². The van der Waals surface area contributed by atoms with Gasteiger partial charge in [-0.1, -0.05) is 30.3 Å². The third kappa shape index (κ3) is 4.34. The number of hydrogen-bond donors (Lipinski definition) is 0. The van der Waals surface area contributed by atoms with Crippen LogP contribution >= 0.6 is 0 Å². The Hall–Kier alpha value is -1.88. The second kappa shape index (κ2) is 7.63. The van der Waals surface area contributed by atoms with E-state index in [1.165, 1.54) is 4.31 Å². The highest BCUT2D eigenvalue weighted by atomic mass is 32.2. The number of piperazine rings is 1. The summed E-state index contributed by atoms with van der Waals surface area (Å²) in [5.74, 6) is -2.22. The Morgan fingerprint density at radius 1 is 0.815 bits per heavy atom. The molecule has 1 aliphatic heterocycles. The maximum atomic E-state index is 13.9. The molecule has 6 nitrogen and oxygen atoms in total. The van der Waals surface area contributed by atoms with Crippen molar-refractivity contribution in [1.82, 2.24) is 8.61 Å². The summed E-state index contributed by atoms with van der Waals surface area (Å²) in [5.41, 5.74) is 0.640. The number of benzene rings is 2. The fourth-order valence-corrected chi connectivity index (χ4v) is 5.87. The fraction of sp³-hybridized carbons (Fsp3) is 0.294. The van der Waals surface area contributed by atoms with Crippen molar-refractivity contribution in [3.8, 4) is 0 Å². The third-order valence-electron chi connectivity index (χ3n) is 4.29. The van der Waals surface area contributed by atoms with E-state index < -0.39 is 36.6 Å². The van der Waals surface area contributed by atoms with Crippen LogP contribution in [0.25, 0.3) is 0 Å². The molecule has 0 amide bonds. The number of sulfonamides is 2. The Labute approximate surface area is 157 Å². The predicted molar refractivity (Wildman–Crippen MR) is 95.8 cm³/mol. The summed E-state index contributed by atoms with van der Waals surface area (Å²) in [6.45, 7) is -0.269. The first-order valence-corrected chi connectivity index (χ1v) is 11.2. The quantitative estimate of drug-likeness (QED) is 0.745. The normalized spacial score (nSPS) is 17.1. The zero-order valence-electron chi connectivity index (χ0n) is 14.3.